The van der Waals surface area contributed by atoms with Crippen LogP contribution in [0.15, 0.2) is 24.3 Å². The maximum absolute atomic E-state index is 5.52. The summed E-state index contributed by atoms with van der Waals surface area (Å²) in [4.78, 5) is 2.45. The van der Waals surface area contributed by atoms with E-state index < -0.39 is 0 Å². The van der Waals surface area contributed by atoms with Crippen molar-refractivity contribution < 1.29 is 4.74 Å². The van der Waals surface area contributed by atoms with Crippen molar-refractivity contribution in [2.24, 2.45) is 5.73 Å². The fourth-order valence-corrected chi connectivity index (χ4v) is 1.86. The zero-order valence-corrected chi connectivity index (χ0v) is 9.40. The van der Waals surface area contributed by atoms with Crippen molar-refractivity contribution >= 4 is 11.3 Å². The van der Waals surface area contributed by atoms with Crippen molar-refractivity contribution in [1.29, 1.82) is 0 Å². The predicted molar refractivity (Wildman–Crippen MR) is 61.3 cm³/mol. The molecule has 0 saturated heterocycles. The molecule has 0 bridgehead atoms. The van der Waals surface area contributed by atoms with Crippen molar-refractivity contribution in [3.63, 3.8) is 0 Å². The van der Waals surface area contributed by atoms with Gasteiger partial charge in [0.25, 0.3) is 0 Å². The van der Waals surface area contributed by atoms with Crippen molar-refractivity contribution in [2.45, 2.75) is 26.5 Å². The molecule has 0 unspecified atom stereocenters. The SMILES string of the molecule is C=C(C)CCOCc1ccc(CN)s1. The molecule has 0 saturated carbocycles. The molecule has 0 spiro atoms. The highest BCUT2D eigenvalue weighted by atomic mass is 32.1. The van der Waals surface area contributed by atoms with Crippen LogP contribution in [0.2, 0.25) is 0 Å². The van der Waals surface area contributed by atoms with Crippen LogP contribution in [0.4, 0.5) is 0 Å². The topological polar surface area (TPSA) is 35.2 Å². The molecule has 78 valence electrons. The largest absolute Gasteiger partial charge is 0.376 e. The molecule has 0 fully saturated rings. The summed E-state index contributed by atoms with van der Waals surface area (Å²) in [6.07, 6.45) is 0.940. The molecule has 0 aliphatic carbocycles. The Kier molecular flexibility index (Phi) is 4.87. The third-order valence-corrected chi connectivity index (χ3v) is 2.92. The van der Waals surface area contributed by atoms with Crippen LogP contribution in [0, 0.1) is 0 Å². The van der Waals surface area contributed by atoms with Crippen LogP contribution in [0.5, 0.6) is 0 Å². The molecule has 1 rings (SSSR count). The van der Waals surface area contributed by atoms with Gasteiger partial charge in [-0.2, -0.15) is 0 Å². The van der Waals surface area contributed by atoms with E-state index >= 15 is 0 Å². The van der Waals surface area contributed by atoms with E-state index in [4.69, 9.17) is 10.5 Å². The second-order valence-corrected chi connectivity index (χ2v) is 4.58. The lowest BCUT2D eigenvalue weighted by atomic mass is 10.3. The molecule has 0 radical (unpaired) electrons. The highest BCUT2D eigenvalue weighted by Crippen LogP contribution is 2.16. The normalized spacial score (nSPS) is 10.4. The molecule has 14 heavy (non-hydrogen) atoms. The molecule has 1 aromatic rings. The van der Waals surface area contributed by atoms with E-state index in [1.807, 2.05) is 6.92 Å². The number of hydrogen-bond donors (Lipinski definition) is 1. The van der Waals surface area contributed by atoms with Crippen LogP contribution in [-0.4, -0.2) is 6.61 Å². The minimum Gasteiger partial charge on any atom is -0.376 e. The van der Waals surface area contributed by atoms with Gasteiger partial charge in [0.05, 0.1) is 13.2 Å². The number of nitrogens with two attached hydrogens (primary N) is 1. The van der Waals surface area contributed by atoms with Crippen molar-refractivity contribution in [3.05, 3.63) is 34.0 Å². The summed E-state index contributed by atoms with van der Waals surface area (Å²) < 4.78 is 5.50. The summed E-state index contributed by atoms with van der Waals surface area (Å²) >= 11 is 1.72. The van der Waals surface area contributed by atoms with Crippen molar-refractivity contribution in [3.8, 4) is 0 Å². The van der Waals surface area contributed by atoms with Crippen LogP contribution in [0.1, 0.15) is 23.1 Å². The molecule has 0 aliphatic heterocycles. The molecule has 2 nitrogen and oxygen atoms in total. The summed E-state index contributed by atoms with van der Waals surface area (Å²) in [5.41, 5.74) is 6.68. The summed E-state index contributed by atoms with van der Waals surface area (Å²) in [5, 5.41) is 0. The molecule has 1 aromatic heterocycles. The molecular formula is C11H17NOS. The maximum Gasteiger partial charge on any atom is 0.0809 e. The summed E-state index contributed by atoms with van der Waals surface area (Å²) in [5.74, 6) is 0. The molecule has 0 aromatic carbocycles. The molecular weight excluding hydrogens is 194 g/mol. The second-order valence-electron chi connectivity index (χ2n) is 3.33. The van der Waals surface area contributed by atoms with Crippen LogP contribution in [0.3, 0.4) is 0 Å². The zero-order chi connectivity index (χ0) is 10.4. The van der Waals surface area contributed by atoms with Crippen LogP contribution < -0.4 is 5.73 Å². The van der Waals surface area contributed by atoms with Crippen LogP contribution >= 0.6 is 11.3 Å². The van der Waals surface area contributed by atoms with Gasteiger partial charge in [-0.15, -0.1) is 17.9 Å². The Labute approximate surface area is 89.4 Å². The third kappa shape index (κ3) is 4.05. The quantitative estimate of drug-likeness (QED) is 0.580. The van der Waals surface area contributed by atoms with Gasteiger partial charge in [-0.05, 0) is 25.5 Å². The van der Waals surface area contributed by atoms with E-state index in [0.29, 0.717) is 13.2 Å². The van der Waals surface area contributed by atoms with E-state index in [0.717, 1.165) is 13.0 Å². The summed E-state index contributed by atoms with van der Waals surface area (Å²) in [7, 11) is 0. The minimum absolute atomic E-state index is 0.621. The van der Waals surface area contributed by atoms with Gasteiger partial charge in [0, 0.05) is 16.3 Å². The first kappa shape index (κ1) is 11.4. The minimum atomic E-state index is 0.621. The van der Waals surface area contributed by atoms with E-state index in [2.05, 4.69) is 18.7 Å². The van der Waals surface area contributed by atoms with Crippen molar-refractivity contribution in [1.82, 2.24) is 0 Å². The first-order valence-corrected chi connectivity index (χ1v) is 5.54. The van der Waals surface area contributed by atoms with Gasteiger partial charge >= 0.3 is 0 Å². The number of ether oxygens (including phenoxy) is 1. The third-order valence-electron chi connectivity index (χ3n) is 1.84. The first-order chi connectivity index (χ1) is 6.72. The maximum atomic E-state index is 5.52. The molecule has 0 atom stereocenters. The van der Waals surface area contributed by atoms with Crippen LogP contribution in [0.25, 0.3) is 0 Å². The van der Waals surface area contributed by atoms with Gasteiger partial charge < -0.3 is 10.5 Å². The van der Waals surface area contributed by atoms with Gasteiger partial charge in [-0.25, -0.2) is 0 Å². The van der Waals surface area contributed by atoms with E-state index in [9.17, 15) is 0 Å². The van der Waals surface area contributed by atoms with Gasteiger partial charge in [0.1, 0.15) is 0 Å². The Morgan fingerprint density at radius 2 is 2.21 bits per heavy atom. The Morgan fingerprint density at radius 1 is 1.50 bits per heavy atom. The van der Waals surface area contributed by atoms with Gasteiger partial charge in [0.2, 0.25) is 0 Å². The highest BCUT2D eigenvalue weighted by molar-refractivity contribution is 7.11. The zero-order valence-electron chi connectivity index (χ0n) is 8.58. The Hall–Kier alpha value is -0.640. The molecule has 0 aliphatic rings. The van der Waals surface area contributed by atoms with Crippen molar-refractivity contribution in [2.75, 3.05) is 6.61 Å². The molecule has 2 N–H and O–H groups in total. The molecule has 0 amide bonds. The average Bonchev–Trinajstić information content (AvgIpc) is 2.60. The number of hydrogen-bond acceptors (Lipinski definition) is 3. The Balaban J connectivity index is 2.21. The lowest BCUT2D eigenvalue weighted by Crippen LogP contribution is -1.94. The summed E-state index contributed by atoms with van der Waals surface area (Å²) in [6.45, 7) is 7.91. The Bertz CT molecular complexity index is 293. The number of rotatable bonds is 6. The van der Waals surface area contributed by atoms with E-state index in [1.165, 1.54) is 15.3 Å². The van der Waals surface area contributed by atoms with Gasteiger partial charge in [-0.3, -0.25) is 0 Å². The van der Waals surface area contributed by atoms with Crippen LogP contribution in [-0.2, 0) is 17.9 Å². The fourth-order valence-electron chi connectivity index (χ4n) is 1.03. The Morgan fingerprint density at radius 3 is 2.79 bits per heavy atom. The van der Waals surface area contributed by atoms with E-state index in [1.54, 1.807) is 11.3 Å². The first-order valence-electron chi connectivity index (χ1n) is 4.72. The summed E-state index contributed by atoms with van der Waals surface area (Å²) in [6, 6.07) is 4.13. The second kappa shape index (κ2) is 5.96. The lowest BCUT2D eigenvalue weighted by Gasteiger charge is -2.01. The fraction of sp³-hybridized carbons (Fsp3) is 0.455. The standard InChI is InChI=1S/C11H17NOS/c1-9(2)5-6-13-8-11-4-3-10(7-12)14-11/h3-4H,1,5-8,12H2,2H3. The molecule has 1 heterocycles. The average molecular weight is 211 g/mol. The smallest absolute Gasteiger partial charge is 0.0809 e. The van der Waals surface area contributed by atoms with Gasteiger partial charge in [-0.1, -0.05) is 5.57 Å². The highest BCUT2D eigenvalue weighted by Gasteiger charge is 1.98. The lowest BCUT2D eigenvalue weighted by molar-refractivity contribution is 0.126. The van der Waals surface area contributed by atoms with Gasteiger partial charge in [0.15, 0.2) is 0 Å². The number of thiophene rings is 1. The monoisotopic (exact) mass is 211 g/mol. The molecule has 3 heteroatoms. The van der Waals surface area contributed by atoms with E-state index in [-0.39, 0.29) is 0 Å². The predicted octanol–water partition coefficient (Wildman–Crippen LogP) is 2.69.